The van der Waals surface area contributed by atoms with Crippen LogP contribution in [-0.2, 0) is 13.6 Å². The molecule has 0 spiro atoms. The number of rotatable bonds is 4. The summed E-state index contributed by atoms with van der Waals surface area (Å²) >= 11 is 0. The lowest BCUT2D eigenvalue weighted by molar-refractivity contribution is 0.213. The fourth-order valence-corrected chi connectivity index (χ4v) is 4.58. The molecule has 2 saturated heterocycles. The van der Waals surface area contributed by atoms with Gasteiger partial charge < -0.3 is 9.47 Å². The van der Waals surface area contributed by atoms with Crippen molar-refractivity contribution >= 4 is 5.69 Å². The lowest BCUT2D eigenvalue weighted by Crippen LogP contribution is -2.34. The van der Waals surface area contributed by atoms with Crippen LogP contribution < -0.4 is 4.90 Å². The Balaban J connectivity index is 1.39. The van der Waals surface area contributed by atoms with Gasteiger partial charge in [-0.2, -0.15) is 0 Å². The number of hydrogen-bond donors (Lipinski definition) is 0. The Bertz CT molecular complexity index is 749. The van der Waals surface area contributed by atoms with Crippen molar-refractivity contribution in [1.29, 1.82) is 0 Å². The van der Waals surface area contributed by atoms with Crippen molar-refractivity contribution < 1.29 is 0 Å². The molecule has 4 rings (SSSR count). The molecule has 0 radical (unpaired) electrons. The average Bonchev–Trinajstić information content (AvgIpc) is 3.02. The lowest BCUT2D eigenvalue weighted by atomic mass is 9.95. The summed E-state index contributed by atoms with van der Waals surface area (Å²) in [5, 5.41) is 9.12. The predicted molar refractivity (Wildman–Crippen MR) is 108 cm³/mol. The zero-order valence-electron chi connectivity index (χ0n) is 17.0. The molecule has 146 valence electrons. The molecule has 0 amide bonds. The number of piperidine rings is 2. The number of nitrogens with zero attached hydrogens (tertiary/aromatic N) is 6. The number of likely N-dealkylation sites (tertiary alicyclic amines) is 1. The molecule has 2 fully saturated rings. The Morgan fingerprint density at radius 3 is 2.26 bits per heavy atom. The van der Waals surface area contributed by atoms with Crippen molar-refractivity contribution in [3.8, 4) is 0 Å². The molecule has 27 heavy (non-hydrogen) atoms. The maximum absolute atomic E-state index is 4.59. The third-order valence-corrected chi connectivity index (χ3v) is 6.10. The van der Waals surface area contributed by atoms with Gasteiger partial charge in [0.15, 0.2) is 0 Å². The standard InChI is InChI=1S/C21H32N6/c1-16-13-19(14-17(2)22-16)27-11-7-18(8-12-27)21-24-23-20(25(21)3)15-26-9-5-4-6-10-26/h13-14,18H,4-12,15H2,1-3H3. The van der Waals surface area contributed by atoms with Crippen LogP contribution in [0.25, 0.3) is 0 Å². The normalized spacial score (nSPS) is 19.6. The van der Waals surface area contributed by atoms with Gasteiger partial charge in [0.05, 0.1) is 6.54 Å². The lowest BCUT2D eigenvalue weighted by Gasteiger charge is -2.33. The molecule has 6 nitrogen and oxygen atoms in total. The van der Waals surface area contributed by atoms with Crippen LogP contribution in [0, 0.1) is 13.8 Å². The van der Waals surface area contributed by atoms with Crippen molar-refractivity contribution in [1.82, 2.24) is 24.6 Å². The van der Waals surface area contributed by atoms with E-state index in [0.29, 0.717) is 5.92 Å². The van der Waals surface area contributed by atoms with Crippen LogP contribution in [0.5, 0.6) is 0 Å². The van der Waals surface area contributed by atoms with E-state index in [0.717, 1.165) is 49.7 Å². The number of aromatic nitrogens is 4. The highest BCUT2D eigenvalue weighted by molar-refractivity contribution is 5.48. The third kappa shape index (κ3) is 4.15. The van der Waals surface area contributed by atoms with Crippen LogP contribution in [0.1, 0.15) is 61.1 Å². The predicted octanol–water partition coefficient (Wildman–Crippen LogP) is 3.20. The first-order chi connectivity index (χ1) is 13.1. The largest absolute Gasteiger partial charge is 0.371 e. The molecule has 4 heterocycles. The first kappa shape index (κ1) is 18.4. The molecule has 0 unspecified atom stereocenters. The van der Waals surface area contributed by atoms with Crippen LogP contribution in [-0.4, -0.2) is 50.8 Å². The van der Waals surface area contributed by atoms with Crippen molar-refractivity contribution in [2.75, 3.05) is 31.1 Å². The van der Waals surface area contributed by atoms with Crippen LogP contribution in [0.3, 0.4) is 0 Å². The molecule has 6 heteroatoms. The fourth-order valence-electron chi connectivity index (χ4n) is 4.58. The molecule has 2 aliphatic heterocycles. The second-order valence-electron chi connectivity index (χ2n) is 8.24. The zero-order valence-corrected chi connectivity index (χ0v) is 17.0. The Labute approximate surface area is 162 Å². The molecule has 2 aliphatic rings. The maximum atomic E-state index is 4.59. The minimum absolute atomic E-state index is 0.512. The SMILES string of the molecule is Cc1cc(N2CCC(c3nnc(CN4CCCCC4)n3C)CC2)cc(C)n1. The molecule has 2 aromatic rings. The van der Waals surface area contributed by atoms with E-state index in [1.807, 2.05) is 0 Å². The molecule has 0 aliphatic carbocycles. The van der Waals surface area contributed by atoms with Gasteiger partial charge in [0, 0.05) is 43.1 Å². The van der Waals surface area contributed by atoms with Crippen LogP contribution in [0.15, 0.2) is 12.1 Å². The molecular formula is C21H32N6. The quantitative estimate of drug-likeness (QED) is 0.829. The maximum Gasteiger partial charge on any atom is 0.146 e. The summed E-state index contributed by atoms with van der Waals surface area (Å²) in [6, 6.07) is 4.40. The minimum Gasteiger partial charge on any atom is -0.371 e. The molecule has 2 aromatic heterocycles. The summed E-state index contributed by atoms with van der Waals surface area (Å²) in [5.74, 6) is 2.80. The van der Waals surface area contributed by atoms with E-state index in [1.165, 1.54) is 43.9 Å². The molecular weight excluding hydrogens is 336 g/mol. The summed E-state index contributed by atoms with van der Waals surface area (Å²) in [6.07, 6.45) is 6.27. The van der Waals surface area contributed by atoms with Gasteiger partial charge in [-0.05, 0) is 64.8 Å². The second kappa shape index (κ2) is 7.97. The van der Waals surface area contributed by atoms with E-state index >= 15 is 0 Å². The molecule has 0 bridgehead atoms. The van der Waals surface area contributed by atoms with Gasteiger partial charge in [-0.15, -0.1) is 10.2 Å². The summed E-state index contributed by atoms with van der Waals surface area (Å²) in [5.41, 5.74) is 3.51. The monoisotopic (exact) mass is 368 g/mol. The van der Waals surface area contributed by atoms with Crippen molar-refractivity contribution in [2.45, 2.75) is 58.4 Å². The molecule has 0 aromatic carbocycles. The number of anilines is 1. The molecule has 0 N–H and O–H groups in total. The van der Waals surface area contributed by atoms with Crippen molar-refractivity contribution in [2.24, 2.45) is 7.05 Å². The smallest absolute Gasteiger partial charge is 0.146 e. The zero-order chi connectivity index (χ0) is 18.8. The van der Waals surface area contributed by atoms with Gasteiger partial charge in [-0.3, -0.25) is 9.88 Å². The third-order valence-electron chi connectivity index (χ3n) is 6.10. The summed E-state index contributed by atoms with van der Waals surface area (Å²) < 4.78 is 2.26. The van der Waals surface area contributed by atoms with Crippen molar-refractivity contribution in [3.63, 3.8) is 0 Å². The van der Waals surface area contributed by atoms with Gasteiger partial charge in [0.1, 0.15) is 11.6 Å². The van der Waals surface area contributed by atoms with E-state index in [4.69, 9.17) is 0 Å². The van der Waals surface area contributed by atoms with E-state index in [9.17, 15) is 0 Å². The topological polar surface area (TPSA) is 50.1 Å². The van der Waals surface area contributed by atoms with Crippen LogP contribution in [0.4, 0.5) is 5.69 Å². The first-order valence-electron chi connectivity index (χ1n) is 10.4. The Hall–Kier alpha value is -1.95. The summed E-state index contributed by atoms with van der Waals surface area (Å²) in [7, 11) is 2.15. The van der Waals surface area contributed by atoms with Crippen LogP contribution in [0.2, 0.25) is 0 Å². The number of pyridine rings is 1. The molecule has 0 saturated carbocycles. The number of hydrogen-bond acceptors (Lipinski definition) is 5. The van der Waals surface area contributed by atoms with Gasteiger partial charge in [0.2, 0.25) is 0 Å². The minimum atomic E-state index is 0.512. The Morgan fingerprint density at radius 2 is 1.59 bits per heavy atom. The van der Waals surface area contributed by atoms with E-state index in [2.05, 4.69) is 62.6 Å². The second-order valence-corrected chi connectivity index (χ2v) is 8.24. The fraction of sp³-hybridized carbons (Fsp3) is 0.667. The van der Waals surface area contributed by atoms with Crippen molar-refractivity contribution in [3.05, 3.63) is 35.2 Å². The molecule has 0 atom stereocenters. The highest BCUT2D eigenvalue weighted by Gasteiger charge is 2.26. The van der Waals surface area contributed by atoms with E-state index in [-0.39, 0.29) is 0 Å². The van der Waals surface area contributed by atoms with E-state index < -0.39 is 0 Å². The van der Waals surface area contributed by atoms with E-state index in [1.54, 1.807) is 0 Å². The number of aryl methyl sites for hydroxylation is 2. The Morgan fingerprint density at radius 1 is 0.926 bits per heavy atom. The van der Waals surface area contributed by atoms with Crippen LogP contribution >= 0.6 is 0 Å². The highest BCUT2D eigenvalue weighted by atomic mass is 15.3. The van der Waals surface area contributed by atoms with Gasteiger partial charge >= 0.3 is 0 Å². The summed E-state index contributed by atoms with van der Waals surface area (Å²) in [6.45, 7) is 9.64. The van der Waals surface area contributed by atoms with Gasteiger partial charge in [-0.1, -0.05) is 6.42 Å². The Kier molecular flexibility index (Phi) is 5.43. The highest BCUT2D eigenvalue weighted by Crippen LogP contribution is 2.30. The average molecular weight is 369 g/mol. The summed E-state index contributed by atoms with van der Waals surface area (Å²) in [4.78, 5) is 9.51. The van der Waals surface area contributed by atoms with Gasteiger partial charge in [0.25, 0.3) is 0 Å². The first-order valence-corrected chi connectivity index (χ1v) is 10.4. The van der Waals surface area contributed by atoms with Gasteiger partial charge in [-0.25, -0.2) is 0 Å².